The maximum atomic E-state index is 13.2. The van der Waals surface area contributed by atoms with E-state index in [9.17, 15) is 4.79 Å². The largest absolute Gasteiger partial charge is 0.360 e. The molecule has 1 amide bonds. The number of rotatable bonds is 4. The molecule has 6 heteroatoms. The van der Waals surface area contributed by atoms with Crippen LogP contribution in [0.5, 0.6) is 0 Å². The Bertz CT molecular complexity index is 872. The van der Waals surface area contributed by atoms with Crippen molar-refractivity contribution in [3.63, 3.8) is 0 Å². The van der Waals surface area contributed by atoms with Crippen molar-refractivity contribution in [2.45, 2.75) is 45.4 Å². The Morgan fingerprint density at radius 2 is 2.27 bits per heavy atom. The molecule has 0 saturated carbocycles. The van der Waals surface area contributed by atoms with Crippen LogP contribution < -0.4 is 0 Å². The number of nitrogens with zero attached hydrogens (tertiary/aromatic N) is 3. The van der Waals surface area contributed by atoms with E-state index in [0.29, 0.717) is 36.6 Å². The molecule has 3 aromatic rings. The van der Waals surface area contributed by atoms with E-state index in [1.165, 1.54) is 0 Å². The minimum absolute atomic E-state index is 0.0545. The molecule has 0 spiro atoms. The van der Waals surface area contributed by atoms with E-state index in [1.54, 1.807) is 6.20 Å². The predicted octanol–water partition coefficient (Wildman–Crippen LogP) is 3.70. The number of carbonyl (C=O) groups excluding carboxylic acids is 1. The number of piperidine rings is 1. The average molecular weight is 352 g/mol. The van der Waals surface area contributed by atoms with Crippen LogP contribution in [-0.4, -0.2) is 39.0 Å². The molecule has 0 bridgehead atoms. The van der Waals surface area contributed by atoms with E-state index in [-0.39, 0.29) is 5.91 Å². The Morgan fingerprint density at radius 1 is 1.38 bits per heavy atom. The van der Waals surface area contributed by atoms with E-state index < -0.39 is 0 Å². The molecular formula is C20H24N4O2. The molecule has 26 heavy (non-hydrogen) atoms. The van der Waals surface area contributed by atoms with Crippen LogP contribution in [0.4, 0.5) is 0 Å². The SMILES string of the molecule is CCc1noc(CC)c1C(=O)N1CCC[C@H](c2cc3ncccc3[nH]2)C1. The standard InChI is InChI=1S/C20H24N4O2/c1-3-14-19(18(4-2)26-23-14)20(25)24-10-6-7-13(12-24)16-11-17-15(22-16)8-5-9-21-17/h5,8-9,11,13,22H,3-4,6-7,10,12H2,1-2H3/t13-/m0/s1. The van der Waals surface area contributed by atoms with E-state index in [1.807, 2.05) is 30.9 Å². The smallest absolute Gasteiger partial charge is 0.259 e. The van der Waals surface area contributed by atoms with Crippen molar-refractivity contribution in [1.82, 2.24) is 20.0 Å². The zero-order chi connectivity index (χ0) is 18.1. The predicted molar refractivity (Wildman–Crippen MR) is 99.2 cm³/mol. The summed E-state index contributed by atoms with van der Waals surface area (Å²) in [5.41, 5.74) is 4.63. The summed E-state index contributed by atoms with van der Waals surface area (Å²) in [5.74, 6) is 1.06. The number of amides is 1. The van der Waals surface area contributed by atoms with Crippen LogP contribution in [0.1, 0.15) is 60.1 Å². The van der Waals surface area contributed by atoms with Gasteiger partial charge in [-0.1, -0.05) is 19.0 Å². The molecule has 0 aliphatic carbocycles. The molecule has 136 valence electrons. The lowest BCUT2D eigenvalue weighted by Gasteiger charge is -2.32. The molecule has 3 aromatic heterocycles. The highest BCUT2D eigenvalue weighted by atomic mass is 16.5. The monoisotopic (exact) mass is 352 g/mol. The highest BCUT2D eigenvalue weighted by Crippen LogP contribution is 2.30. The van der Waals surface area contributed by atoms with Gasteiger partial charge in [0.15, 0.2) is 0 Å². The number of likely N-dealkylation sites (tertiary alicyclic amines) is 1. The molecule has 1 atom stereocenters. The van der Waals surface area contributed by atoms with Gasteiger partial charge in [0.2, 0.25) is 0 Å². The number of H-pyrrole nitrogens is 1. The van der Waals surface area contributed by atoms with Crippen LogP contribution in [0.2, 0.25) is 0 Å². The zero-order valence-electron chi connectivity index (χ0n) is 15.3. The minimum Gasteiger partial charge on any atom is -0.360 e. The topological polar surface area (TPSA) is 75.0 Å². The van der Waals surface area contributed by atoms with Crippen molar-refractivity contribution in [2.75, 3.05) is 13.1 Å². The molecule has 1 saturated heterocycles. The second kappa shape index (κ2) is 6.94. The van der Waals surface area contributed by atoms with E-state index in [2.05, 4.69) is 21.2 Å². The third kappa shape index (κ3) is 2.89. The van der Waals surface area contributed by atoms with Crippen molar-refractivity contribution in [3.8, 4) is 0 Å². The fraction of sp³-hybridized carbons (Fsp3) is 0.450. The molecular weight excluding hydrogens is 328 g/mol. The number of aromatic nitrogens is 3. The molecule has 1 aliphatic heterocycles. The van der Waals surface area contributed by atoms with Gasteiger partial charge in [0, 0.05) is 37.3 Å². The third-order valence-electron chi connectivity index (χ3n) is 5.26. The van der Waals surface area contributed by atoms with Crippen LogP contribution >= 0.6 is 0 Å². The second-order valence-corrected chi connectivity index (χ2v) is 6.89. The first-order chi connectivity index (χ1) is 12.7. The zero-order valence-corrected chi connectivity index (χ0v) is 15.3. The number of aromatic amines is 1. The summed E-state index contributed by atoms with van der Waals surface area (Å²) in [4.78, 5) is 23.0. The van der Waals surface area contributed by atoms with Crippen LogP contribution in [0, 0.1) is 0 Å². The number of aryl methyl sites for hydroxylation is 2. The lowest BCUT2D eigenvalue weighted by molar-refractivity contribution is 0.0703. The van der Waals surface area contributed by atoms with Gasteiger partial charge in [0.25, 0.3) is 5.91 Å². The first-order valence-electron chi connectivity index (χ1n) is 9.41. The molecule has 1 aliphatic rings. The maximum absolute atomic E-state index is 13.2. The Morgan fingerprint density at radius 3 is 3.04 bits per heavy atom. The number of hydrogen-bond acceptors (Lipinski definition) is 4. The van der Waals surface area contributed by atoms with Crippen LogP contribution in [0.25, 0.3) is 11.0 Å². The maximum Gasteiger partial charge on any atom is 0.259 e. The van der Waals surface area contributed by atoms with Gasteiger partial charge < -0.3 is 14.4 Å². The summed E-state index contributed by atoms with van der Waals surface area (Å²) in [6, 6.07) is 6.09. The van der Waals surface area contributed by atoms with E-state index in [4.69, 9.17) is 4.52 Å². The first kappa shape index (κ1) is 16.8. The number of nitrogens with one attached hydrogen (secondary N) is 1. The third-order valence-corrected chi connectivity index (χ3v) is 5.26. The van der Waals surface area contributed by atoms with Gasteiger partial charge in [0.1, 0.15) is 11.3 Å². The van der Waals surface area contributed by atoms with Crippen molar-refractivity contribution < 1.29 is 9.32 Å². The van der Waals surface area contributed by atoms with Crippen LogP contribution in [-0.2, 0) is 12.8 Å². The normalized spacial score (nSPS) is 17.8. The first-order valence-corrected chi connectivity index (χ1v) is 9.41. The van der Waals surface area contributed by atoms with Gasteiger partial charge in [-0.15, -0.1) is 0 Å². The van der Waals surface area contributed by atoms with Gasteiger partial charge in [-0.3, -0.25) is 9.78 Å². The summed E-state index contributed by atoms with van der Waals surface area (Å²) in [6.07, 6.45) is 5.25. The van der Waals surface area contributed by atoms with Gasteiger partial charge in [-0.25, -0.2) is 0 Å². The second-order valence-electron chi connectivity index (χ2n) is 6.89. The molecule has 0 aromatic carbocycles. The molecule has 1 fully saturated rings. The van der Waals surface area contributed by atoms with Gasteiger partial charge in [-0.2, -0.15) is 0 Å². The molecule has 6 nitrogen and oxygen atoms in total. The average Bonchev–Trinajstić information content (AvgIpc) is 3.31. The molecule has 0 unspecified atom stereocenters. The lowest BCUT2D eigenvalue weighted by atomic mass is 9.94. The quantitative estimate of drug-likeness (QED) is 0.777. The van der Waals surface area contributed by atoms with Crippen molar-refractivity contribution >= 4 is 16.9 Å². The van der Waals surface area contributed by atoms with E-state index in [0.717, 1.165) is 41.8 Å². The van der Waals surface area contributed by atoms with Crippen molar-refractivity contribution in [2.24, 2.45) is 0 Å². The number of hydrogen-bond donors (Lipinski definition) is 1. The highest BCUT2D eigenvalue weighted by molar-refractivity contribution is 5.96. The molecule has 4 rings (SSSR count). The van der Waals surface area contributed by atoms with Crippen molar-refractivity contribution in [3.05, 3.63) is 47.1 Å². The van der Waals surface area contributed by atoms with Crippen LogP contribution in [0.15, 0.2) is 28.9 Å². The summed E-state index contributed by atoms with van der Waals surface area (Å²) in [6.45, 7) is 5.49. The Kier molecular flexibility index (Phi) is 4.49. The van der Waals surface area contributed by atoms with Gasteiger partial charge in [-0.05, 0) is 37.5 Å². The summed E-state index contributed by atoms with van der Waals surface area (Å²) >= 11 is 0. The van der Waals surface area contributed by atoms with Gasteiger partial charge in [0.05, 0.1) is 16.7 Å². The number of pyridine rings is 1. The lowest BCUT2D eigenvalue weighted by Crippen LogP contribution is -2.39. The fourth-order valence-electron chi connectivity index (χ4n) is 3.86. The number of fused-ring (bicyclic) bond motifs is 1. The number of carbonyl (C=O) groups is 1. The van der Waals surface area contributed by atoms with Crippen LogP contribution in [0.3, 0.4) is 0 Å². The van der Waals surface area contributed by atoms with Crippen molar-refractivity contribution in [1.29, 1.82) is 0 Å². The fourth-order valence-corrected chi connectivity index (χ4v) is 3.86. The molecule has 1 N–H and O–H groups in total. The minimum atomic E-state index is 0.0545. The van der Waals surface area contributed by atoms with Gasteiger partial charge >= 0.3 is 0 Å². The summed E-state index contributed by atoms with van der Waals surface area (Å²) in [5, 5.41) is 4.09. The Balaban J connectivity index is 1.58. The summed E-state index contributed by atoms with van der Waals surface area (Å²) < 4.78 is 5.39. The van der Waals surface area contributed by atoms with E-state index >= 15 is 0 Å². The summed E-state index contributed by atoms with van der Waals surface area (Å²) in [7, 11) is 0. The Hall–Kier alpha value is -2.63. The molecule has 0 radical (unpaired) electrons. The molecule has 4 heterocycles. The Labute approximate surface area is 152 Å². The highest BCUT2D eigenvalue weighted by Gasteiger charge is 2.30.